The first-order valence-electron chi connectivity index (χ1n) is 9.95. The maximum absolute atomic E-state index is 3.60. The fraction of sp³-hybridized carbons (Fsp3) is 1.00. The molecule has 1 fully saturated rings. The van der Waals surface area contributed by atoms with E-state index in [1.807, 2.05) is 0 Å². The molecular weight excluding hydrogens is 254 g/mol. The lowest BCUT2D eigenvalue weighted by molar-refractivity contribution is 0.340. The summed E-state index contributed by atoms with van der Waals surface area (Å²) in [6, 6.07) is 0.795. The highest BCUT2D eigenvalue weighted by Gasteiger charge is 2.27. The Hall–Kier alpha value is -0.0400. The molecule has 1 nitrogen and oxygen atoms in total. The Morgan fingerprint density at radius 2 is 1.43 bits per heavy atom. The van der Waals surface area contributed by atoms with E-state index >= 15 is 0 Å². The van der Waals surface area contributed by atoms with Crippen molar-refractivity contribution < 1.29 is 0 Å². The molecule has 0 aromatic rings. The van der Waals surface area contributed by atoms with E-state index in [-0.39, 0.29) is 0 Å². The summed E-state index contributed by atoms with van der Waals surface area (Å²) in [5.41, 5.74) is 0. The van der Waals surface area contributed by atoms with E-state index in [0.717, 1.165) is 17.9 Å². The first-order valence-corrected chi connectivity index (χ1v) is 9.95. The molecule has 0 radical (unpaired) electrons. The van der Waals surface area contributed by atoms with E-state index in [1.165, 1.54) is 89.9 Å². The fourth-order valence-corrected chi connectivity index (χ4v) is 4.08. The molecule has 1 saturated carbocycles. The van der Waals surface area contributed by atoms with E-state index in [1.54, 1.807) is 0 Å². The van der Waals surface area contributed by atoms with E-state index < -0.39 is 0 Å². The summed E-state index contributed by atoms with van der Waals surface area (Å²) in [6.45, 7) is 4.72. The van der Waals surface area contributed by atoms with Crippen molar-refractivity contribution in [2.24, 2.45) is 11.8 Å². The molecule has 1 aliphatic rings. The summed E-state index contributed by atoms with van der Waals surface area (Å²) in [5.74, 6) is 1.93. The highest BCUT2D eigenvalue weighted by Crippen LogP contribution is 2.34. The molecule has 0 bridgehead atoms. The highest BCUT2D eigenvalue weighted by atomic mass is 14.9. The van der Waals surface area contributed by atoms with Crippen molar-refractivity contribution in [1.29, 1.82) is 0 Å². The maximum atomic E-state index is 3.60. The monoisotopic (exact) mass is 295 g/mol. The van der Waals surface area contributed by atoms with Crippen LogP contribution in [0.4, 0.5) is 0 Å². The Balaban J connectivity index is 1.90. The van der Waals surface area contributed by atoms with Gasteiger partial charge < -0.3 is 5.32 Å². The van der Waals surface area contributed by atoms with Crippen LogP contribution in [-0.4, -0.2) is 13.1 Å². The molecule has 1 heteroatoms. The lowest BCUT2D eigenvalue weighted by Gasteiger charge is -2.23. The Kier molecular flexibility index (Phi) is 11.3. The average Bonchev–Trinajstić information content (AvgIpc) is 2.91. The lowest BCUT2D eigenvalue weighted by Crippen LogP contribution is -2.32. The lowest BCUT2D eigenvalue weighted by atomic mass is 9.92. The van der Waals surface area contributed by atoms with Crippen LogP contribution in [0.15, 0.2) is 0 Å². The second kappa shape index (κ2) is 12.5. The normalized spacial score (nSPS) is 23.6. The highest BCUT2D eigenvalue weighted by molar-refractivity contribution is 4.82. The molecule has 0 saturated heterocycles. The minimum absolute atomic E-state index is 0.795. The third-order valence-corrected chi connectivity index (χ3v) is 5.54. The Morgan fingerprint density at radius 1 is 0.857 bits per heavy atom. The summed E-state index contributed by atoms with van der Waals surface area (Å²) in [7, 11) is 2.17. The Labute approximate surface area is 134 Å². The van der Waals surface area contributed by atoms with Crippen molar-refractivity contribution in [3.05, 3.63) is 0 Å². The van der Waals surface area contributed by atoms with Crippen LogP contribution >= 0.6 is 0 Å². The van der Waals surface area contributed by atoms with Crippen LogP contribution in [0.25, 0.3) is 0 Å². The molecule has 126 valence electrons. The van der Waals surface area contributed by atoms with Gasteiger partial charge >= 0.3 is 0 Å². The van der Waals surface area contributed by atoms with Gasteiger partial charge in [0.2, 0.25) is 0 Å². The molecule has 1 N–H and O–H groups in total. The number of hydrogen-bond acceptors (Lipinski definition) is 1. The van der Waals surface area contributed by atoms with Crippen molar-refractivity contribution in [3.8, 4) is 0 Å². The third-order valence-electron chi connectivity index (χ3n) is 5.54. The van der Waals surface area contributed by atoms with Gasteiger partial charge in [-0.25, -0.2) is 0 Å². The molecule has 0 spiro atoms. The van der Waals surface area contributed by atoms with Gasteiger partial charge in [0.15, 0.2) is 0 Å². The molecule has 3 unspecified atom stereocenters. The van der Waals surface area contributed by atoms with Gasteiger partial charge in [0.25, 0.3) is 0 Å². The van der Waals surface area contributed by atoms with Gasteiger partial charge in [0, 0.05) is 6.04 Å². The van der Waals surface area contributed by atoms with Crippen molar-refractivity contribution in [1.82, 2.24) is 5.32 Å². The summed E-state index contributed by atoms with van der Waals surface area (Å²) >= 11 is 0. The molecule has 0 aliphatic heterocycles. The summed E-state index contributed by atoms with van der Waals surface area (Å²) in [6.07, 6.45) is 20.3. The van der Waals surface area contributed by atoms with Gasteiger partial charge in [-0.2, -0.15) is 0 Å². The second-order valence-corrected chi connectivity index (χ2v) is 7.54. The van der Waals surface area contributed by atoms with Crippen LogP contribution in [0.5, 0.6) is 0 Å². The molecule has 21 heavy (non-hydrogen) atoms. The first-order chi connectivity index (χ1) is 10.3. The molecule has 0 aromatic carbocycles. The largest absolute Gasteiger partial charge is 0.317 e. The van der Waals surface area contributed by atoms with Gasteiger partial charge in [0.05, 0.1) is 0 Å². The van der Waals surface area contributed by atoms with Crippen molar-refractivity contribution in [2.75, 3.05) is 7.05 Å². The van der Waals surface area contributed by atoms with Crippen LogP contribution in [0.3, 0.4) is 0 Å². The van der Waals surface area contributed by atoms with Gasteiger partial charge in [-0.05, 0) is 38.1 Å². The predicted octanol–water partition coefficient (Wildman–Crippen LogP) is 6.32. The summed E-state index contributed by atoms with van der Waals surface area (Å²) < 4.78 is 0. The SMILES string of the molecule is CCCCCCCCCCCCC(NC)C1CCC(C)C1. The van der Waals surface area contributed by atoms with Crippen molar-refractivity contribution in [2.45, 2.75) is 110 Å². The Bertz CT molecular complexity index is 226. The average molecular weight is 296 g/mol. The number of hydrogen-bond donors (Lipinski definition) is 1. The fourth-order valence-electron chi connectivity index (χ4n) is 4.08. The van der Waals surface area contributed by atoms with Gasteiger partial charge in [-0.3, -0.25) is 0 Å². The molecule has 0 heterocycles. The predicted molar refractivity (Wildman–Crippen MR) is 95.8 cm³/mol. The zero-order chi connectivity index (χ0) is 15.3. The Morgan fingerprint density at radius 3 is 1.90 bits per heavy atom. The zero-order valence-corrected chi connectivity index (χ0v) is 15.1. The second-order valence-electron chi connectivity index (χ2n) is 7.54. The molecule has 1 rings (SSSR count). The van der Waals surface area contributed by atoms with Crippen LogP contribution in [0.2, 0.25) is 0 Å². The third kappa shape index (κ3) is 8.86. The minimum atomic E-state index is 0.795. The number of rotatable bonds is 13. The van der Waals surface area contributed by atoms with E-state index in [2.05, 4.69) is 26.2 Å². The van der Waals surface area contributed by atoms with Gasteiger partial charge in [-0.15, -0.1) is 0 Å². The van der Waals surface area contributed by atoms with Crippen LogP contribution < -0.4 is 5.32 Å². The van der Waals surface area contributed by atoms with Crippen LogP contribution in [-0.2, 0) is 0 Å². The zero-order valence-electron chi connectivity index (χ0n) is 15.1. The van der Waals surface area contributed by atoms with E-state index in [0.29, 0.717) is 0 Å². The molecule has 0 amide bonds. The molecule has 3 atom stereocenters. The van der Waals surface area contributed by atoms with Gasteiger partial charge in [-0.1, -0.05) is 84.5 Å². The number of nitrogens with one attached hydrogen (secondary N) is 1. The standard InChI is InChI=1S/C20H41N/c1-4-5-6-7-8-9-10-11-12-13-14-20(21-3)19-16-15-18(2)17-19/h18-21H,4-17H2,1-3H3. The molecule has 0 aromatic heterocycles. The van der Waals surface area contributed by atoms with Gasteiger partial charge in [0.1, 0.15) is 0 Å². The topological polar surface area (TPSA) is 12.0 Å². The first kappa shape index (κ1) is 19.0. The molecule has 1 aliphatic carbocycles. The maximum Gasteiger partial charge on any atom is 0.00924 e. The van der Waals surface area contributed by atoms with Crippen molar-refractivity contribution in [3.63, 3.8) is 0 Å². The summed E-state index contributed by atoms with van der Waals surface area (Å²) in [5, 5.41) is 3.60. The quantitative estimate of drug-likeness (QED) is 0.392. The number of unbranched alkanes of at least 4 members (excludes halogenated alkanes) is 9. The van der Waals surface area contributed by atoms with Crippen LogP contribution in [0.1, 0.15) is 104 Å². The minimum Gasteiger partial charge on any atom is -0.317 e. The van der Waals surface area contributed by atoms with E-state index in [4.69, 9.17) is 0 Å². The van der Waals surface area contributed by atoms with E-state index in [9.17, 15) is 0 Å². The summed E-state index contributed by atoms with van der Waals surface area (Å²) in [4.78, 5) is 0. The van der Waals surface area contributed by atoms with Crippen molar-refractivity contribution >= 4 is 0 Å². The smallest absolute Gasteiger partial charge is 0.00924 e. The molecular formula is C20H41N. The van der Waals surface area contributed by atoms with Crippen LogP contribution in [0, 0.1) is 11.8 Å².